The molecule has 0 saturated carbocycles. The molecule has 22 heavy (non-hydrogen) atoms. The molecule has 1 N–H and O–H groups in total. The van der Waals surface area contributed by atoms with Crippen LogP contribution in [0.3, 0.4) is 0 Å². The number of nitrogens with zero attached hydrogens (tertiary/aromatic N) is 2. The predicted octanol–water partition coefficient (Wildman–Crippen LogP) is 0.364. The van der Waals surface area contributed by atoms with Crippen LogP contribution in [-0.2, 0) is 9.84 Å². The monoisotopic (exact) mass is 327 g/mol. The Morgan fingerprint density at radius 3 is 2.68 bits per heavy atom. The zero-order valence-corrected chi connectivity index (χ0v) is 13.4. The van der Waals surface area contributed by atoms with Crippen molar-refractivity contribution in [3.63, 3.8) is 0 Å². The summed E-state index contributed by atoms with van der Waals surface area (Å²) < 4.78 is 28.9. The summed E-state index contributed by atoms with van der Waals surface area (Å²) in [5.74, 6) is -0.163. The molecule has 0 bridgehead atoms. The van der Waals surface area contributed by atoms with Crippen LogP contribution in [0.2, 0.25) is 0 Å². The number of sulfone groups is 1. The quantitative estimate of drug-likeness (QED) is 0.862. The third kappa shape index (κ3) is 3.33. The maximum absolute atomic E-state index is 12.2. The van der Waals surface area contributed by atoms with E-state index >= 15 is 0 Å². The fourth-order valence-corrected chi connectivity index (χ4v) is 5.24. The molecule has 8 heteroatoms. The molecule has 2 fully saturated rings. The van der Waals surface area contributed by atoms with Crippen LogP contribution < -0.4 is 5.32 Å². The molecule has 7 nitrogen and oxygen atoms in total. The van der Waals surface area contributed by atoms with Crippen LogP contribution in [0, 0.1) is 6.92 Å². The maximum Gasteiger partial charge on any atom is 0.290 e. The molecule has 0 unspecified atom stereocenters. The van der Waals surface area contributed by atoms with E-state index in [1.165, 1.54) is 6.42 Å². The second-order valence-corrected chi connectivity index (χ2v) is 8.31. The number of hydrogen-bond donors (Lipinski definition) is 1. The molecule has 2 atom stereocenters. The lowest BCUT2D eigenvalue weighted by Crippen LogP contribution is -2.52. The Hall–Kier alpha value is -1.41. The van der Waals surface area contributed by atoms with Crippen molar-refractivity contribution in [1.82, 2.24) is 15.4 Å². The summed E-state index contributed by atoms with van der Waals surface area (Å²) in [5.41, 5.74) is 0.622. The van der Waals surface area contributed by atoms with Gasteiger partial charge in [-0.3, -0.25) is 9.69 Å². The van der Waals surface area contributed by atoms with Crippen LogP contribution in [0.15, 0.2) is 10.6 Å². The van der Waals surface area contributed by atoms with Crippen LogP contribution in [0.5, 0.6) is 0 Å². The van der Waals surface area contributed by atoms with E-state index in [0.29, 0.717) is 5.69 Å². The summed E-state index contributed by atoms with van der Waals surface area (Å²) >= 11 is 0. The number of amides is 1. The summed E-state index contributed by atoms with van der Waals surface area (Å²) in [6.45, 7) is 3.53. The second kappa shape index (κ2) is 6.00. The molecule has 0 aromatic carbocycles. The van der Waals surface area contributed by atoms with Crippen molar-refractivity contribution in [2.24, 2.45) is 0 Å². The van der Waals surface area contributed by atoms with Crippen molar-refractivity contribution in [1.29, 1.82) is 0 Å². The summed E-state index contributed by atoms with van der Waals surface area (Å²) in [5, 5.41) is 6.50. The van der Waals surface area contributed by atoms with Gasteiger partial charge in [-0.2, -0.15) is 0 Å². The van der Waals surface area contributed by atoms with Crippen LogP contribution in [-0.4, -0.2) is 61.1 Å². The minimum atomic E-state index is -3.12. The Balaban J connectivity index is 1.73. The van der Waals surface area contributed by atoms with E-state index in [9.17, 15) is 13.2 Å². The average molecular weight is 327 g/mol. The Labute approximate surface area is 129 Å². The van der Waals surface area contributed by atoms with Gasteiger partial charge in [0, 0.05) is 12.1 Å². The van der Waals surface area contributed by atoms with Crippen LogP contribution in [0.1, 0.15) is 35.5 Å². The lowest BCUT2D eigenvalue weighted by atomic mass is 10.0. The zero-order valence-electron chi connectivity index (χ0n) is 12.6. The lowest BCUT2D eigenvalue weighted by molar-refractivity contribution is 0.0864. The highest BCUT2D eigenvalue weighted by molar-refractivity contribution is 7.91. The number of rotatable bonds is 3. The van der Waals surface area contributed by atoms with Gasteiger partial charge in [0.05, 0.1) is 23.2 Å². The Kier molecular flexibility index (Phi) is 4.22. The van der Waals surface area contributed by atoms with E-state index in [4.69, 9.17) is 4.52 Å². The average Bonchev–Trinajstić information content (AvgIpc) is 3.03. The molecular formula is C14H21N3O4S. The molecule has 122 valence electrons. The first-order valence-electron chi connectivity index (χ1n) is 7.63. The Morgan fingerprint density at radius 1 is 1.32 bits per heavy atom. The minimum absolute atomic E-state index is 0.00692. The van der Waals surface area contributed by atoms with E-state index in [1.54, 1.807) is 13.0 Å². The van der Waals surface area contributed by atoms with Crippen LogP contribution >= 0.6 is 0 Å². The van der Waals surface area contributed by atoms with Crippen molar-refractivity contribution in [3.8, 4) is 0 Å². The molecule has 0 aliphatic carbocycles. The van der Waals surface area contributed by atoms with Crippen molar-refractivity contribution in [2.75, 3.05) is 24.6 Å². The van der Waals surface area contributed by atoms with Gasteiger partial charge in [0.1, 0.15) is 0 Å². The van der Waals surface area contributed by atoms with Gasteiger partial charge in [0.2, 0.25) is 5.76 Å². The van der Waals surface area contributed by atoms with Gasteiger partial charge in [-0.05, 0) is 32.9 Å². The van der Waals surface area contributed by atoms with Gasteiger partial charge in [0.15, 0.2) is 9.84 Å². The van der Waals surface area contributed by atoms with Crippen molar-refractivity contribution in [2.45, 2.75) is 38.3 Å². The van der Waals surface area contributed by atoms with Gasteiger partial charge in [-0.25, -0.2) is 8.42 Å². The number of carbonyl (C=O) groups is 1. The summed E-state index contributed by atoms with van der Waals surface area (Å²) in [6, 6.07) is 1.02. The molecule has 3 heterocycles. The first-order chi connectivity index (χ1) is 10.4. The third-order valence-corrected chi connectivity index (χ3v) is 6.07. The van der Waals surface area contributed by atoms with Gasteiger partial charge in [-0.1, -0.05) is 11.6 Å². The summed E-state index contributed by atoms with van der Waals surface area (Å²) in [6.07, 6.45) is 3.35. The molecule has 1 aromatic rings. The fraction of sp³-hybridized carbons (Fsp3) is 0.714. The number of piperidine rings is 1. The van der Waals surface area contributed by atoms with E-state index in [0.717, 1.165) is 25.9 Å². The number of hydrogen-bond acceptors (Lipinski definition) is 6. The standard InChI is InChI=1S/C14H21N3O4S/c1-10-7-13(21-16-10)14(18)15-11-8-22(19,20)9-12(11)17-5-3-2-4-6-17/h7,11-12H,2-6,8-9H2,1H3,(H,15,18)/t11-,12-/m0/s1. The van der Waals surface area contributed by atoms with Crippen molar-refractivity contribution in [3.05, 3.63) is 17.5 Å². The van der Waals surface area contributed by atoms with Crippen molar-refractivity contribution >= 4 is 15.7 Å². The van der Waals surface area contributed by atoms with Crippen molar-refractivity contribution < 1.29 is 17.7 Å². The third-order valence-electron chi connectivity index (χ3n) is 4.35. The molecule has 1 aromatic heterocycles. The molecule has 2 aliphatic heterocycles. The number of aromatic nitrogens is 1. The van der Waals surface area contributed by atoms with E-state index in [1.807, 2.05) is 0 Å². The summed E-state index contributed by atoms with van der Waals surface area (Å²) in [7, 11) is -3.12. The normalized spacial score (nSPS) is 28.6. The molecule has 0 spiro atoms. The lowest BCUT2D eigenvalue weighted by Gasteiger charge is -2.34. The smallest absolute Gasteiger partial charge is 0.290 e. The molecule has 0 radical (unpaired) electrons. The van der Waals surface area contributed by atoms with Gasteiger partial charge >= 0.3 is 0 Å². The number of aryl methyl sites for hydroxylation is 1. The van der Waals surface area contributed by atoms with Crippen LogP contribution in [0.4, 0.5) is 0 Å². The topological polar surface area (TPSA) is 92.5 Å². The van der Waals surface area contributed by atoms with E-state index < -0.39 is 15.7 Å². The molecule has 1 amide bonds. The zero-order chi connectivity index (χ0) is 15.7. The highest BCUT2D eigenvalue weighted by atomic mass is 32.2. The minimum Gasteiger partial charge on any atom is -0.351 e. The molecule has 2 aliphatic rings. The number of nitrogens with one attached hydrogen (secondary N) is 1. The first kappa shape index (κ1) is 15.5. The number of carbonyl (C=O) groups excluding carboxylic acids is 1. The molecule has 2 saturated heterocycles. The van der Waals surface area contributed by atoms with E-state index in [2.05, 4.69) is 15.4 Å². The molecular weight excluding hydrogens is 306 g/mol. The Morgan fingerprint density at radius 2 is 2.05 bits per heavy atom. The second-order valence-electron chi connectivity index (χ2n) is 6.15. The summed E-state index contributed by atoms with van der Waals surface area (Å²) in [4.78, 5) is 14.4. The van der Waals surface area contributed by atoms with Gasteiger partial charge in [0.25, 0.3) is 5.91 Å². The largest absolute Gasteiger partial charge is 0.351 e. The molecule has 3 rings (SSSR count). The first-order valence-corrected chi connectivity index (χ1v) is 9.45. The Bertz CT molecular complexity index is 649. The highest BCUT2D eigenvalue weighted by Crippen LogP contribution is 2.22. The predicted molar refractivity (Wildman–Crippen MR) is 80.4 cm³/mol. The highest BCUT2D eigenvalue weighted by Gasteiger charge is 2.42. The maximum atomic E-state index is 12.2. The number of likely N-dealkylation sites (tertiary alicyclic amines) is 1. The SMILES string of the molecule is Cc1cc(C(=O)N[C@H]2CS(=O)(=O)C[C@@H]2N2CCCCC2)on1. The van der Waals surface area contributed by atoms with Crippen LogP contribution in [0.25, 0.3) is 0 Å². The van der Waals surface area contributed by atoms with Gasteiger partial charge < -0.3 is 9.84 Å². The van der Waals surface area contributed by atoms with Gasteiger partial charge in [-0.15, -0.1) is 0 Å². The fourth-order valence-electron chi connectivity index (χ4n) is 3.29. The van der Waals surface area contributed by atoms with E-state index in [-0.39, 0.29) is 29.3 Å².